The van der Waals surface area contributed by atoms with Gasteiger partial charge < -0.3 is 4.90 Å². The smallest absolute Gasteiger partial charge is 0.311 e. The first-order chi connectivity index (χ1) is 8.61. The van der Waals surface area contributed by atoms with Crippen LogP contribution in [0.1, 0.15) is 26.2 Å². The third-order valence-corrected chi connectivity index (χ3v) is 3.51. The first-order valence-corrected chi connectivity index (χ1v) is 6.55. The Morgan fingerprint density at radius 1 is 1.61 bits per heavy atom. The van der Waals surface area contributed by atoms with Gasteiger partial charge in [0.25, 0.3) is 0 Å². The molecule has 2 heterocycles. The summed E-state index contributed by atoms with van der Waals surface area (Å²) in [4.78, 5) is 16.7. The molecule has 0 bridgehead atoms. The van der Waals surface area contributed by atoms with Crippen LogP contribution in [-0.4, -0.2) is 23.0 Å². The third-order valence-electron chi connectivity index (χ3n) is 3.30. The zero-order valence-electron chi connectivity index (χ0n) is 10.3. The van der Waals surface area contributed by atoms with Crippen LogP contribution in [0.2, 0.25) is 5.15 Å². The number of hydrogen-bond acceptors (Lipinski definition) is 4. The molecule has 1 unspecified atom stereocenters. The minimum Gasteiger partial charge on any atom is -0.351 e. The number of aromatic nitrogens is 1. The Balaban J connectivity index is 2.23. The molecule has 1 saturated heterocycles. The lowest BCUT2D eigenvalue weighted by atomic mass is 10.0. The molecule has 2 rings (SSSR count). The van der Waals surface area contributed by atoms with Crippen molar-refractivity contribution in [1.82, 2.24) is 4.98 Å². The van der Waals surface area contributed by atoms with Crippen LogP contribution in [0.5, 0.6) is 0 Å². The van der Waals surface area contributed by atoms with E-state index >= 15 is 0 Å². The second kappa shape index (κ2) is 5.52. The summed E-state index contributed by atoms with van der Waals surface area (Å²) in [5.74, 6) is 1.02. The summed E-state index contributed by atoms with van der Waals surface area (Å²) in [6.45, 7) is 3.81. The van der Waals surface area contributed by atoms with E-state index in [1.54, 1.807) is 0 Å². The molecule has 0 radical (unpaired) electrons. The predicted octanol–water partition coefficient (Wildman–Crippen LogP) is 3.27. The Labute approximate surface area is 111 Å². The van der Waals surface area contributed by atoms with E-state index < -0.39 is 4.92 Å². The molecule has 18 heavy (non-hydrogen) atoms. The molecule has 0 aromatic carbocycles. The molecule has 1 atom stereocenters. The molecule has 1 aliphatic heterocycles. The molecule has 1 aromatic rings. The largest absolute Gasteiger partial charge is 0.351 e. The first kappa shape index (κ1) is 13.1. The molecule has 0 amide bonds. The minimum atomic E-state index is -0.397. The first-order valence-electron chi connectivity index (χ1n) is 6.17. The molecule has 98 valence electrons. The van der Waals surface area contributed by atoms with Gasteiger partial charge in [-0.15, -0.1) is 0 Å². The van der Waals surface area contributed by atoms with Crippen LogP contribution in [0.3, 0.4) is 0 Å². The SMILES string of the molecule is CCCC1CCN(c2nc(Cl)ccc2[N+](=O)[O-])C1. The highest BCUT2D eigenvalue weighted by atomic mass is 35.5. The van der Waals surface area contributed by atoms with Gasteiger partial charge in [-0.25, -0.2) is 4.98 Å². The maximum absolute atomic E-state index is 11.0. The predicted molar refractivity (Wildman–Crippen MR) is 71.1 cm³/mol. The Hall–Kier alpha value is -1.36. The number of rotatable bonds is 4. The van der Waals surface area contributed by atoms with Crippen LogP contribution in [0.4, 0.5) is 11.5 Å². The average molecular weight is 270 g/mol. The molecule has 1 fully saturated rings. The average Bonchev–Trinajstić information content (AvgIpc) is 2.77. The second-order valence-electron chi connectivity index (χ2n) is 4.62. The lowest BCUT2D eigenvalue weighted by molar-refractivity contribution is -0.384. The summed E-state index contributed by atoms with van der Waals surface area (Å²) >= 11 is 5.84. The Kier molecular flexibility index (Phi) is 4.01. The molecular weight excluding hydrogens is 254 g/mol. The lowest BCUT2D eigenvalue weighted by Crippen LogP contribution is -2.22. The van der Waals surface area contributed by atoms with Crippen LogP contribution < -0.4 is 4.90 Å². The standard InChI is InChI=1S/C12H16ClN3O2/c1-2-3-9-6-7-15(8-9)12-10(16(17)18)4-5-11(13)14-12/h4-5,9H,2-3,6-8H2,1H3. The highest BCUT2D eigenvalue weighted by molar-refractivity contribution is 6.29. The second-order valence-corrected chi connectivity index (χ2v) is 5.01. The van der Waals surface area contributed by atoms with Gasteiger partial charge in [0.1, 0.15) is 5.15 Å². The zero-order valence-corrected chi connectivity index (χ0v) is 11.1. The molecule has 0 spiro atoms. The summed E-state index contributed by atoms with van der Waals surface area (Å²) in [5.41, 5.74) is 0.0385. The van der Waals surface area contributed by atoms with Gasteiger partial charge in [-0.05, 0) is 24.8 Å². The van der Waals surface area contributed by atoms with Crippen molar-refractivity contribution in [3.05, 3.63) is 27.4 Å². The fourth-order valence-electron chi connectivity index (χ4n) is 2.46. The van der Waals surface area contributed by atoms with Gasteiger partial charge in [0.15, 0.2) is 0 Å². The van der Waals surface area contributed by atoms with E-state index in [0.717, 1.165) is 32.4 Å². The van der Waals surface area contributed by atoms with Crippen molar-refractivity contribution in [3.63, 3.8) is 0 Å². The number of nitrogens with zero attached hydrogens (tertiary/aromatic N) is 3. The maximum Gasteiger partial charge on any atom is 0.311 e. The van der Waals surface area contributed by atoms with Gasteiger partial charge in [0, 0.05) is 19.2 Å². The highest BCUT2D eigenvalue weighted by Gasteiger charge is 2.28. The van der Waals surface area contributed by atoms with E-state index in [-0.39, 0.29) is 5.69 Å². The summed E-state index contributed by atoms with van der Waals surface area (Å²) < 4.78 is 0. The number of pyridine rings is 1. The molecule has 1 aromatic heterocycles. The zero-order chi connectivity index (χ0) is 13.1. The quantitative estimate of drug-likeness (QED) is 0.478. The monoisotopic (exact) mass is 269 g/mol. The van der Waals surface area contributed by atoms with Gasteiger partial charge in [-0.2, -0.15) is 0 Å². The number of nitro groups is 1. The van der Waals surface area contributed by atoms with Crippen molar-refractivity contribution >= 4 is 23.1 Å². The van der Waals surface area contributed by atoms with Gasteiger partial charge in [-0.1, -0.05) is 24.9 Å². The van der Waals surface area contributed by atoms with Gasteiger partial charge in [0.2, 0.25) is 5.82 Å². The lowest BCUT2D eigenvalue weighted by Gasteiger charge is -2.17. The van der Waals surface area contributed by atoms with E-state index in [9.17, 15) is 10.1 Å². The van der Waals surface area contributed by atoms with Crippen molar-refractivity contribution in [2.45, 2.75) is 26.2 Å². The normalized spacial score (nSPS) is 19.2. The summed E-state index contributed by atoms with van der Waals surface area (Å²) in [7, 11) is 0. The van der Waals surface area contributed by atoms with Crippen LogP contribution in [0, 0.1) is 16.0 Å². The third kappa shape index (κ3) is 2.72. The van der Waals surface area contributed by atoms with Crippen LogP contribution in [-0.2, 0) is 0 Å². The molecule has 0 N–H and O–H groups in total. The topological polar surface area (TPSA) is 59.3 Å². The van der Waals surface area contributed by atoms with Crippen molar-refractivity contribution in [2.24, 2.45) is 5.92 Å². The fraction of sp³-hybridized carbons (Fsp3) is 0.583. The van der Waals surface area contributed by atoms with Crippen molar-refractivity contribution in [1.29, 1.82) is 0 Å². The molecule has 1 aliphatic rings. The summed E-state index contributed by atoms with van der Waals surface area (Å²) in [6.07, 6.45) is 3.37. The van der Waals surface area contributed by atoms with Crippen LogP contribution in [0.25, 0.3) is 0 Å². The maximum atomic E-state index is 11.0. The molecular formula is C12H16ClN3O2. The summed E-state index contributed by atoms with van der Waals surface area (Å²) in [6, 6.07) is 2.89. The number of hydrogen-bond donors (Lipinski definition) is 0. The van der Waals surface area contributed by atoms with E-state index in [0.29, 0.717) is 16.9 Å². The van der Waals surface area contributed by atoms with Crippen LogP contribution >= 0.6 is 11.6 Å². The number of halogens is 1. The molecule has 0 saturated carbocycles. The minimum absolute atomic E-state index is 0.0385. The Morgan fingerprint density at radius 3 is 3.06 bits per heavy atom. The fourth-order valence-corrected chi connectivity index (χ4v) is 2.61. The van der Waals surface area contributed by atoms with E-state index in [1.165, 1.54) is 12.1 Å². The Morgan fingerprint density at radius 2 is 2.39 bits per heavy atom. The van der Waals surface area contributed by atoms with Crippen molar-refractivity contribution in [2.75, 3.05) is 18.0 Å². The van der Waals surface area contributed by atoms with Crippen LogP contribution in [0.15, 0.2) is 12.1 Å². The van der Waals surface area contributed by atoms with Crippen molar-refractivity contribution < 1.29 is 4.92 Å². The molecule has 6 heteroatoms. The highest BCUT2D eigenvalue weighted by Crippen LogP contribution is 2.32. The Bertz CT molecular complexity index is 453. The van der Waals surface area contributed by atoms with E-state index in [1.807, 2.05) is 4.90 Å². The molecule has 5 nitrogen and oxygen atoms in total. The number of anilines is 1. The molecule has 0 aliphatic carbocycles. The van der Waals surface area contributed by atoms with E-state index in [4.69, 9.17) is 11.6 Å². The van der Waals surface area contributed by atoms with Gasteiger partial charge in [0.05, 0.1) is 4.92 Å². The van der Waals surface area contributed by atoms with Crippen molar-refractivity contribution in [3.8, 4) is 0 Å². The summed E-state index contributed by atoms with van der Waals surface area (Å²) in [5, 5.41) is 11.3. The van der Waals surface area contributed by atoms with E-state index in [2.05, 4.69) is 11.9 Å². The van der Waals surface area contributed by atoms with Gasteiger partial charge in [-0.3, -0.25) is 10.1 Å². The van der Waals surface area contributed by atoms with Gasteiger partial charge >= 0.3 is 5.69 Å².